The number of hydrogen-bond acceptors (Lipinski definition) is 2. The summed E-state index contributed by atoms with van der Waals surface area (Å²) >= 11 is 0. The molecule has 0 bridgehead atoms. The van der Waals surface area contributed by atoms with Crippen LogP contribution in [0.1, 0.15) is 18.4 Å². The van der Waals surface area contributed by atoms with Crippen molar-refractivity contribution in [3.05, 3.63) is 66.2 Å². The standard InChI is InChI=1S/C20H28N4/c1-21-20(23-17-18-11-5-3-6-12-18)22-15-9-10-16-24(2)19-13-7-4-8-14-19/h3-8,11-14H,9-10,15-17H2,1-2H3,(H2,21,22,23). The average Bonchev–Trinajstić information content (AvgIpc) is 2.65. The fraction of sp³-hybridized carbons (Fsp3) is 0.350. The van der Waals surface area contributed by atoms with Crippen LogP contribution in [-0.2, 0) is 6.54 Å². The van der Waals surface area contributed by atoms with Crippen molar-refractivity contribution in [1.29, 1.82) is 0 Å². The second-order valence-corrected chi connectivity index (χ2v) is 5.80. The summed E-state index contributed by atoms with van der Waals surface area (Å²) in [5.74, 6) is 0.857. The largest absolute Gasteiger partial charge is 0.375 e. The predicted octanol–water partition coefficient (Wildman–Crippen LogP) is 3.27. The van der Waals surface area contributed by atoms with Crippen molar-refractivity contribution >= 4 is 11.6 Å². The van der Waals surface area contributed by atoms with E-state index in [0.717, 1.165) is 38.4 Å². The van der Waals surface area contributed by atoms with Crippen LogP contribution in [0.15, 0.2) is 65.7 Å². The summed E-state index contributed by atoms with van der Waals surface area (Å²) in [5, 5.41) is 6.71. The Morgan fingerprint density at radius 3 is 2.25 bits per heavy atom. The lowest BCUT2D eigenvalue weighted by atomic mass is 10.2. The number of nitrogens with zero attached hydrogens (tertiary/aromatic N) is 2. The molecule has 0 spiro atoms. The lowest BCUT2D eigenvalue weighted by Crippen LogP contribution is -2.37. The first-order valence-corrected chi connectivity index (χ1v) is 8.54. The van der Waals surface area contributed by atoms with E-state index in [9.17, 15) is 0 Å². The van der Waals surface area contributed by atoms with E-state index in [4.69, 9.17) is 0 Å². The summed E-state index contributed by atoms with van der Waals surface area (Å²) in [4.78, 5) is 6.56. The fourth-order valence-corrected chi connectivity index (χ4v) is 2.49. The molecule has 0 heterocycles. The molecule has 0 atom stereocenters. The lowest BCUT2D eigenvalue weighted by molar-refractivity contribution is 0.686. The van der Waals surface area contributed by atoms with Gasteiger partial charge in [-0.1, -0.05) is 48.5 Å². The van der Waals surface area contributed by atoms with E-state index in [1.165, 1.54) is 11.3 Å². The van der Waals surface area contributed by atoms with Crippen molar-refractivity contribution in [3.63, 3.8) is 0 Å². The molecule has 24 heavy (non-hydrogen) atoms. The van der Waals surface area contributed by atoms with Gasteiger partial charge in [-0.3, -0.25) is 4.99 Å². The molecule has 2 rings (SSSR count). The van der Waals surface area contributed by atoms with Gasteiger partial charge in [0.15, 0.2) is 5.96 Å². The van der Waals surface area contributed by atoms with Crippen molar-refractivity contribution in [2.45, 2.75) is 19.4 Å². The minimum atomic E-state index is 0.789. The zero-order valence-electron chi connectivity index (χ0n) is 14.7. The Kier molecular flexibility index (Phi) is 7.68. The van der Waals surface area contributed by atoms with Gasteiger partial charge in [0.2, 0.25) is 0 Å². The third kappa shape index (κ3) is 6.32. The van der Waals surface area contributed by atoms with Crippen LogP contribution in [0.5, 0.6) is 0 Å². The fourth-order valence-electron chi connectivity index (χ4n) is 2.49. The van der Waals surface area contributed by atoms with E-state index >= 15 is 0 Å². The molecule has 0 radical (unpaired) electrons. The third-order valence-electron chi connectivity index (χ3n) is 3.94. The summed E-state index contributed by atoms with van der Waals surface area (Å²) in [6, 6.07) is 20.9. The van der Waals surface area contributed by atoms with Crippen molar-refractivity contribution in [2.24, 2.45) is 4.99 Å². The van der Waals surface area contributed by atoms with Gasteiger partial charge in [-0.2, -0.15) is 0 Å². The molecule has 128 valence electrons. The monoisotopic (exact) mass is 324 g/mol. The average molecular weight is 324 g/mol. The van der Waals surface area contributed by atoms with E-state index in [1.54, 1.807) is 0 Å². The molecule has 0 saturated heterocycles. The molecule has 0 fully saturated rings. The smallest absolute Gasteiger partial charge is 0.191 e. The first-order valence-electron chi connectivity index (χ1n) is 8.54. The lowest BCUT2D eigenvalue weighted by Gasteiger charge is -2.19. The first kappa shape index (κ1) is 17.9. The number of unbranched alkanes of at least 4 members (excludes halogenated alkanes) is 1. The van der Waals surface area contributed by atoms with Crippen LogP contribution < -0.4 is 15.5 Å². The zero-order valence-corrected chi connectivity index (χ0v) is 14.7. The normalized spacial score (nSPS) is 11.2. The maximum atomic E-state index is 4.27. The molecule has 0 aliphatic rings. The molecule has 0 aliphatic carbocycles. The van der Waals surface area contributed by atoms with Crippen LogP contribution >= 0.6 is 0 Å². The van der Waals surface area contributed by atoms with Gasteiger partial charge in [0.05, 0.1) is 0 Å². The van der Waals surface area contributed by atoms with Crippen molar-refractivity contribution in [2.75, 3.05) is 32.1 Å². The number of hydrogen-bond donors (Lipinski definition) is 2. The number of nitrogens with one attached hydrogen (secondary N) is 2. The van der Waals surface area contributed by atoms with Crippen LogP contribution in [0.4, 0.5) is 5.69 Å². The Morgan fingerprint density at radius 2 is 1.58 bits per heavy atom. The van der Waals surface area contributed by atoms with Gasteiger partial charge >= 0.3 is 0 Å². The van der Waals surface area contributed by atoms with E-state index in [0.29, 0.717) is 0 Å². The summed E-state index contributed by atoms with van der Waals surface area (Å²) in [6.07, 6.45) is 2.26. The molecule has 2 aromatic carbocycles. The molecule has 0 saturated carbocycles. The van der Waals surface area contributed by atoms with Gasteiger partial charge < -0.3 is 15.5 Å². The highest BCUT2D eigenvalue weighted by Crippen LogP contribution is 2.11. The Balaban J connectivity index is 1.60. The second kappa shape index (κ2) is 10.3. The van der Waals surface area contributed by atoms with E-state index < -0.39 is 0 Å². The van der Waals surface area contributed by atoms with E-state index in [2.05, 4.69) is 82.2 Å². The van der Waals surface area contributed by atoms with Crippen LogP contribution in [-0.4, -0.2) is 33.1 Å². The maximum absolute atomic E-state index is 4.27. The van der Waals surface area contributed by atoms with Crippen LogP contribution in [0, 0.1) is 0 Å². The zero-order chi connectivity index (χ0) is 17.0. The minimum absolute atomic E-state index is 0.789. The number of para-hydroxylation sites is 1. The highest BCUT2D eigenvalue weighted by molar-refractivity contribution is 5.79. The number of rotatable bonds is 8. The summed E-state index contributed by atoms with van der Waals surface area (Å²) in [6.45, 7) is 2.77. The van der Waals surface area contributed by atoms with E-state index in [-0.39, 0.29) is 0 Å². The maximum Gasteiger partial charge on any atom is 0.191 e. The Hall–Kier alpha value is -2.49. The van der Waals surface area contributed by atoms with Gasteiger partial charge in [-0.25, -0.2) is 0 Å². The quantitative estimate of drug-likeness (QED) is 0.445. The molecule has 0 aromatic heterocycles. The number of guanidine groups is 1. The predicted molar refractivity (Wildman–Crippen MR) is 104 cm³/mol. The third-order valence-corrected chi connectivity index (χ3v) is 3.94. The SMILES string of the molecule is CN=C(NCCCCN(C)c1ccccc1)NCc1ccccc1. The Bertz CT molecular complexity index is 596. The molecule has 4 nitrogen and oxygen atoms in total. The van der Waals surface area contributed by atoms with Crippen LogP contribution in [0.3, 0.4) is 0 Å². The number of benzene rings is 2. The van der Waals surface area contributed by atoms with E-state index in [1.807, 2.05) is 13.1 Å². The second-order valence-electron chi connectivity index (χ2n) is 5.80. The van der Waals surface area contributed by atoms with Gasteiger partial charge in [0, 0.05) is 39.4 Å². The van der Waals surface area contributed by atoms with Crippen molar-refractivity contribution in [3.8, 4) is 0 Å². The van der Waals surface area contributed by atoms with Crippen molar-refractivity contribution in [1.82, 2.24) is 10.6 Å². The number of aliphatic imine (C=N–C) groups is 1. The molecule has 0 amide bonds. The molecule has 0 unspecified atom stereocenters. The molecular weight excluding hydrogens is 296 g/mol. The highest BCUT2D eigenvalue weighted by atomic mass is 15.2. The van der Waals surface area contributed by atoms with Crippen LogP contribution in [0.25, 0.3) is 0 Å². The minimum Gasteiger partial charge on any atom is -0.375 e. The van der Waals surface area contributed by atoms with Crippen molar-refractivity contribution < 1.29 is 0 Å². The van der Waals surface area contributed by atoms with Gasteiger partial charge in [-0.05, 0) is 30.5 Å². The molecule has 2 aromatic rings. The summed E-state index contributed by atoms with van der Waals surface area (Å²) in [7, 11) is 3.95. The summed E-state index contributed by atoms with van der Waals surface area (Å²) < 4.78 is 0. The van der Waals surface area contributed by atoms with Gasteiger partial charge in [-0.15, -0.1) is 0 Å². The van der Waals surface area contributed by atoms with Gasteiger partial charge in [0.1, 0.15) is 0 Å². The first-order chi connectivity index (χ1) is 11.8. The summed E-state index contributed by atoms with van der Waals surface area (Å²) in [5.41, 5.74) is 2.52. The Morgan fingerprint density at radius 1 is 0.917 bits per heavy atom. The van der Waals surface area contributed by atoms with Gasteiger partial charge in [0.25, 0.3) is 0 Å². The molecule has 2 N–H and O–H groups in total. The molecule has 4 heteroatoms. The topological polar surface area (TPSA) is 39.7 Å². The van der Waals surface area contributed by atoms with Crippen LogP contribution in [0.2, 0.25) is 0 Å². The number of anilines is 1. The highest BCUT2D eigenvalue weighted by Gasteiger charge is 2.00. The molecular formula is C20H28N4. The molecule has 0 aliphatic heterocycles. The Labute approximate surface area is 145 Å².